The Kier molecular flexibility index (Phi) is 5.42. The van der Waals surface area contributed by atoms with Crippen molar-refractivity contribution in [3.05, 3.63) is 47.5 Å². The number of ether oxygens (including phenoxy) is 2. The van der Waals surface area contributed by atoms with E-state index in [1.165, 1.54) is 14.2 Å². The molecule has 24 heavy (non-hydrogen) atoms. The lowest BCUT2D eigenvalue weighted by Crippen LogP contribution is -1.98. The van der Waals surface area contributed by atoms with Crippen LogP contribution in [-0.4, -0.2) is 35.9 Å². The van der Waals surface area contributed by atoms with Gasteiger partial charge in [-0.2, -0.15) is 10.2 Å². The van der Waals surface area contributed by atoms with Crippen molar-refractivity contribution < 1.29 is 19.7 Å². The summed E-state index contributed by atoms with van der Waals surface area (Å²) >= 11 is 0. The summed E-state index contributed by atoms with van der Waals surface area (Å²) in [6.07, 6.45) is 0. The third-order valence-corrected chi connectivity index (χ3v) is 3.54. The number of rotatable bonds is 5. The summed E-state index contributed by atoms with van der Waals surface area (Å²) in [6, 6.07) is 9.98. The lowest BCUT2D eigenvalue weighted by atomic mass is 10.1. The maximum atomic E-state index is 9.63. The van der Waals surface area contributed by atoms with Gasteiger partial charge in [-0.1, -0.05) is 0 Å². The summed E-state index contributed by atoms with van der Waals surface area (Å²) < 4.78 is 10.2. The van der Waals surface area contributed by atoms with E-state index in [0.29, 0.717) is 22.9 Å². The molecule has 2 aromatic carbocycles. The normalized spacial score (nSPS) is 12.2. The van der Waals surface area contributed by atoms with E-state index in [9.17, 15) is 10.2 Å². The minimum Gasteiger partial charge on any atom is -0.504 e. The van der Waals surface area contributed by atoms with Gasteiger partial charge in [0.1, 0.15) is 0 Å². The number of nitrogens with zero attached hydrogens (tertiary/aromatic N) is 2. The number of methoxy groups -OCH3 is 2. The van der Waals surface area contributed by atoms with Crippen LogP contribution in [0.25, 0.3) is 0 Å². The third-order valence-electron chi connectivity index (χ3n) is 3.54. The largest absolute Gasteiger partial charge is 0.504 e. The van der Waals surface area contributed by atoms with Crippen LogP contribution < -0.4 is 9.47 Å². The average Bonchev–Trinajstić information content (AvgIpc) is 2.60. The summed E-state index contributed by atoms with van der Waals surface area (Å²) in [5.41, 5.74) is 2.95. The smallest absolute Gasteiger partial charge is 0.161 e. The Hall–Kier alpha value is -3.02. The van der Waals surface area contributed by atoms with Gasteiger partial charge >= 0.3 is 0 Å². The van der Waals surface area contributed by atoms with Gasteiger partial charge in [-0.05, 0) is 50.2 Å². The number of hydrogen-bond acceptors (Lipinski definition) is 6. The molecule has 0 heterocycles. The monoisotopic (exact) mass is 328 g/mol. The summed E-state index contributed by atoms with van der Waals surface area (Å²) in [5, 5.41) is 27.7. The van der Waals surface area contributed by atoms with Crippen molar-refractivity contribution in [3.63, 3.8) is 0 Å². The van der Waals surface area contributed by atoms with Crippen LogP contribution in [0.3, 0.4) is 0 Å². The maximum absolute atomic E-state index is 9.63. The molecule has 0 aromatic heterocycles. The highest BCUT2D eigenvalue weighted by molar-refractivity contribution is 6.02. The van der Waals surface area contributed by atoms with Crippen molar-refractivity contribution >= 4 is 11.4 Å². The van der Waals surface area contributed by atoms with Gasteiger partial charge in [0, 0.05) is 11.1 Å². The first kappa shape index (κ1) is 17.3. The van der Waals surface area contributed by atoms with Crippen LogP contribution in [0.1, 0.15) is 25.0 Å². The zero-order valence-corrected chi connectivity index (χ0v) is 14.1. The fourth-order valence-electron chi connectivity index (χ4n) is 2.07. The van der Waals surface area contributed by atoms with E-state index in [1.54, 1.807) is 36.4 Å². The molecular formula is C18H20N2O4. The van der Waals surface area contributed by atoms with Crippen molar-refractivity contribution in [3.8, 4) is 23.0 Å². The third kappa shape index (κ3) is 3.84. The van der Waals surface area contributed by atoms with Gasteiger partial charge in [-0.3, -0.25) is 0 Å². The lowest BCUT2D eigenvalue weighted by molar-refractivity contribution is 0.373. The van der Waals surface area contributed by atoms with E-state index >= 15 is 0 Å². The van der Waals surface area contributed by atoms with Crippen LogP contribution in [-0.2, 0) is 0 Å². The van der Waals surface area contributed by atoms with E-state index in [-0.39, 0.29) is 11.5 Å². The highest BCUT2D eigenvalue weighted by Crippen LogP contribution is 2.27. The molecule has 6 heteroatoms. The maximum Gasteiger partial charge on any atom is 0.161 e. The summed E-state index contributed by atoms with van der Waals surface area (Å²) in [7, 11) is 2.98. The minimum atomic E-state index is 0.0740. The van der Waals surface area contributed by atoms with Crippen molar-refractivity contribution in [1.29, 1.82) is 0 Å². The fourth-order valence-corrected chi connectivity index (χ4v) is 2.07. The van der Waals surface area contributed by atoms with Crippen LogP contribution in [0.15, 0.2) is 46.6 Å². The molecule has 2 N–H and O–H groups in total. The zero-order valence-electron chi connectivity index (χ0n) is 14.1. The second-order valence-corrected chi connectivity index (χ2v) is 5.14. The predicted octanol–water partition coefficient (Wildman–Crippen LogP) is 3.35. The van der Waals surface area contributed by atoms with Crippen molar-refractivity contribution in [2.45, 2.75) is 13.8 Å². The molecule has 0 radical (unpaired) electrons. The Morgan fingerprint density at radius 1 is 0.750 bits per heavy atom. The molecule has 0 aliphatic heterocycles. The molecule has 0 bridgehead atoms. The first-order valence-electron chi connectivity index (χ1n) is 7.30. The Bertz CT molecular complexity index is 730. The molecule has 0 saturated heterocycles. The number of benzene rings is 2. The second-order valence-electron chi connectivity index (χ2n) is 5.14. The Balaban J connectivity index is 2.28. The van der Waals surface area contributed by atoms with Crippen LogP contribution in [0.4, 0.5) is 0 Å². The molecular weight excluding hydrogens is 308 g/mol. The van der Waals surface area contributed by atoms with Crippen LogP contribution in [0.5, 0.6) is 23.0 Å². The summed E-state index contributed by atoms with van der Waals surface area (Å²) in [6.45, 7) is 3.64. The van der Waals surface area contributed by atoms with Crippen LogP contribution >= 0.6 is 0 Å². The second kappa shape index (κ2) is 7.50. The van der Waals surface area contributed by atoms with E-state index in [2.05, 4.69) is 10.2 Å². The number of phenolic OH excluding ortho intramolecular Hbond substituents is 2. The van der Waals surface area contributed by atoms with Gasteiger partial charge in [0.05, 0.1) is 25.6 Å². The first-order valence-corrected chi connectivity index (χ1v) is 7.30. The fraction of sp³-hybridized carbons (Fsp3) is 0.222. The van der Waals surface area contributed by atoms with Gasteiger partial charge in [-0.15, -0.1) is 0 Å². The van der Waals surface area contributed by atoms with Crippen LogP contribution in [0, 0.1) is 0 Å². The van der Waals surface area contributed by atoms with E-state index in [4.69, 9.17) is 9.47 Å². The average molecular weight is 328 g/mol. The topological polar surface area (TPSA) is 83.6 Å². The molecule has 0 amide bonds. The molecule has 2 rings (SSSR count). The molecule has 0 aliphatic carbocycles. The molecule has 0 saturated carbocycles. The zero-order chi connectivity index (χ0) is 17.7. The molecule has 0 spiro atoms. The van der Waals surface area contributed by atoms with Crippen LogP contribution in [0.2, 0.25) is 0 Å². The van der Waals surface area contributed by atoms with E-state index in [0.717, 1.165) is 11.1 Å². The van der Waals surface area contributed by atoms with E-state index < -0.39 is 0 Å². The summed E-state index contributed by atoms with van der Waals surface area (Å²) in [5.74, 6) is 0.909. The van der Waals surface area contributed by atoms with Crippen molar-refractivity contribution in [2.75, 3.05) is 14.2 Å². The predicted molar refractivity (Wildman–Crippen MR) is 93.7 cm³/mol. The van der Waals surface area contributed by atoms with Gasteiger partial charge in [0.15, 0.2) is 23.0 Å². The molecule has 0 unspecified atom stereocenters. The number of phenols is 2. The molecule has 0 atom stereocenters. The van der Waals surface area contributed by atoms with Gasteiger partial charge in [0.25, 0.3) is 0 Å². The van der Waals surface area contributed by atoms with Crippen molar-refractivity contribution in [2.24, 2.45) is 10.2 Å². The Morgan fingerprint density at radius 2 is 1.12 bits per heavy atom. The molecule has 126 valence electrons. The molecule has 0 fully saturated rings. The molecule has 2 aromatic rings. The van der Waals surface area contributed by atoms with Gasteiger partial charge in [0.2, 0.25) is 0 Å². The van der Waals surface area contributed by atoms with Gasteiger partial charge < -0.3 is 19.7 Å². The SMILES string of the molecule is COc1cc(/C(C)=N\N=C(\C)c2ccc(O)c(OC)c2)ccc1O. The van der Waals surface area contributed by atoms with Crippen molar-refractivity contribution in [1.82, 2.24) is 0 Å². The molecule has 0 aliphatic rings. The number of aromatic hydroxyl groups is 2. The minimum absolute atomic E-state index is 0.0740. The van der Waals surface area contributed by atoms with E-state index in [1.807, 2.05) is 13.8 Å². The van der Waals surface area contributed by atoms with Gasteiger partial charge in [-0.25, -0.2) is 0 Å². The first-order chi connectivity index (χ1) is 11.5. The Morgan fingerprint density at radius 3 is 1.46 bits per heavy atom. The molecule has 6 nitrogen and oxygen atoms in total. The quantitative estimate of drug-likeness (QED) is 0.651. The Labute approximate surface area is 140 Å². The number of hydrogen-bond donors (Lipinski definition) is 2. The standard InChI is InChI=1S/C18H20N2O4/c1-11(13-5-7-15(21)17(9-13)23-3)19-20-12(2)14-6-8-16(22)18(10-14)24-4/h5-10,21-22H,1-4H3/b19-11-,20-12-. The highest BCUT2D eigenvalue weighted by atomic mass is 16.5. The lowest BCUT2D eigenvalue weighted by Gasteiger charge is -2.07. The highest BCUT2D eigenvalue weighted by Gasteiger charge is 2.06. The summed E-state index contributed by atoms with van der Waals surface area (Å²) in [4.78, 5) is 0.